The van der Waals surface area contributed by atoms with E-state index in [0.717, 1.165) is 0 Å². The summed E-state index contributed by atoms with van der Waals surface area (Å²) in [5.74, 6) is -1.06. The molecule has 0 unspecified atom stereocenters. The fourth-order valence-electron chi connectivity index (χ4n) is 2.92. The Kier molecular flexibility index (Phi) is 5.35. The first-order valence-electron chi connectivity index (χ1n) is 7.73. The number of benzene rings is 1. The lowest BCUT2D eigenvalue weighted by molar-refractivity contribution is -0.149. The Morgan fingerprint density at radius 3 is 2.54 bits per heavy atom. The molecule has 1 aromatic rings. The summed E-state index contributed by atoms with van der Waals surface area (Å²) in [6.07, 6.45) is 0.432. The number of aliphatic carboxylic acids is 1. The van der Waals surface area contributed by atoms with E-state index < -0.39 is 23.2 Å². The minimum absolute atomic E-state index is 0.109. The van der Waals surface area contributed by atoms with Crippen LogP contribution in [0.15, 0.2) is 18.2 Å². The Morgan fingerprint density at radius 2 is 2.00 bits per heavy atom. The first-order chi connectivity index (χ1) is 11.0. The van der Waals surface area contributed by atoms with Crippen LogP contribution in [0, 0.1) is 0 Å². The van der Waals surface area contributed by atoms with Gasteiger partial charge in [0.05, 0.1) is 0 Å². The number of ether oxygens (including phenoxy) is 1. The highest BCUT2D eigenvalue weighted by atomic mass is 35.5. The molecule has 1 heterocycles. The van der Waals surface area contributed by atoms with Crippen LogP contribution >= 0.6 is 23.2 Å². The maximum absolute atomic E-state index is 12.5. The summed E-state index contributed by atoms with van der Waals surface area (Å²) in [5.41, 5.74) is -1.42. The lowest BCUT2D eigenvalue weighted by atomic mass is 9.88. The molecule has 1 atom stereocenters. The van der Waals surface area contributed by atoms with Gasteiger partial charge in [0.2, 0.25) is 0 Å². The van der Waals surface area contributed by atoms with E-state index in [1.54, 1.807) is 39.0 Å². The second-order valence-electron chi connectivity index (χ2n) is 6.98. The zero-order chi connectivity index (χ0) is 18.1. The smallest absolute Gasteiger partial charge is 0.411 e. The summed E-state index contributed by atoms with van der Waals surface area (Å²) in [5, 5.41) is 10.7. The van der Waals surface area contributed by atoms with Crippen LogP contribution in [-0.4, -0.2) is 39.8 Å². The van der Waals surface area contributed by atoms with Crippen molar-refractivity contribution in [2.75, 3.05) is 6.54 Å². The van der Waals surface area contributed by atoms with Crippen LogP contribution in [0.2, 0.25) is 10.0 Å². The monoisotopic (exact) mass is 373 g/mol. The number of halogens is 2. The molecule has 0 aromatic heterocycles. The molecule has 1 aliphatic rings. The van der Waals surface area contributed by atoms with Crippen LogP contribution < -0.4 is 0 Å². The molecule has 1 aromatic carbocycles. The lowest BCUT2D eigenvalue weighted by Gasteiger charge is -2.36. The molecule has 7 heteroatoms. The minimum atomic E-state index is -1.36. The van der Waals surface area contributed by atoms with Crippen LogP contribution in [-0.2, 0) is 16.0 Å². The van der Waals surface area contributed by atoms with Crippen molar-refractivity contribution in [1.29, 1.82) is 0 Å². The van der Waals surface area contributed by atoms with E-state index in [1.165, 1.54) is 4.90 Å². The molecular weight excluding hydrogens is 353 g/mol. The van der Waals surface area contributed by atoms with Crippen LogP contribution in [0.1, 0.15) is 39.2 Å². The minimum Gasteiger partial charge on any atom is -0.479 e. The highest BCUT2D eigenvalue weighted by Gasteiger charge is 2.51. The van der Waals surface area contributed by atoms with E-state index in [1.807, 2.05) is 0 Å². The number of carbonyl (C=O) groups is 2. The zero-order valence-corrected chi connectivity index (χ0v) is 15.4. The topological polar surface area (TPSA) is 66.8 Å². The molecule has 0 bridgehead atoms. The fourth-order valence-corrected chi connectivity index (χ4v) is 3.40. The molecule has 132 valence electrons. The Hall–Kier alpha value is -1.46. The molecule has 1 amide bonds. The van der Waals surface area contributed by atoms with Crippen LogP contribution in [0.5, 0.6) is 0 Å². The van der Waals surface area contributed by atoms with Gasteiger partial charge in [0.15, 0.2) is 0 Å². The number of amides is 1. The molecule has 1 aliphatic heterocycles. The largest absolute Gasteiger partial charge is 0.479 e. The average molecular weight is 374 g/mol. The molecule has 1 fully saturated rings. The van der Waals surface area contributed by atoms with E-state index in [9.17, 15) is 14.7 Å². The van der Waals surface area contributed by atoms with Crippen molar-refractivity contribution in [2.45, 2.75) is 51.2 Å². The van der Waals surface area contributed by atoms with Crippen molar-refractivity contribution in [3.8, 4) is 0 Å². The Morgan fingerprint density at radius 1 is 1.33 bits per heavy atom. The summed E-state index contributed by atoms with van der Waals surface area (Å²) < 4.78 is 5.38. The van der Waals surface area contributed by atoms with Gasteiger partial charge in [-0.15, -0.1) is 0 Å². The van der Waals surface area contributed by atoms with Gasteiger partial charge in [-0.05, 0) is 51.3 Å². The summed E-state index contributed by atoms with van der Waals surface area (Å²) in [6.45, 7) is 5.59. The van der Waals surface area contributed by atoms with Gasteiger partial charge in [-0.1, -0.05) is 29.3 Å². The molecule has 5 nitrogen and oxygen atoms in total. The summed E-state index contributed by atoms with van der Waals surface area (Å²) in [6, 6.07) is 4.92. The molecule has 0 aliphatic carbocycles. The normalized spacial score (nSPS) is 21.0. The second kappa shape index (κ2) is 6.81. The summed E-state index contributed by atoms with van der Waals surface area (Å²) in [7, 11) is 0. The summed E-state index contributed by atoms with van der Waals surface area (Å²) in [4.78, 5) is 25.9. The van der Waals surface area contributed by atoms with Gasteiger partial charge < -0.3 is 9.84 Å². The van der Waals surface area contributed by atoms with Crippen molar-refractivity contribution < 1.29 is 19.4 Å². The molecule has 0 saturated carbocycles. The van der Waals surface area contributed by atoms with E-state index in [0.29, 0.717) is 35.0 Å². The molecule has 24 heavy (non-hydrogen) atoms. The quantitative estimate of drug-likeness (QED) is 0.852. The fraction of sp³-hybridized carbons (Fsp3) is 0.529. The van der Waals surface area contributed by atoms with E-state index in [4.69, 9.17) is 27.9 Å². The standard InChI is InChI=1S/C17H21Cl2NO4/c1-16(2,3)24-15(23)20-8-4-7-17(20,14(21)22)10-11-5-6-12(18)9-13(11)19/h5-6,9H,4,7-8,10H2,1-3H3,(H,21,22)/t17-/m0/s1. The third-order valence-corrected chi connectivity index (χ3v) is 4.59. The van der Waals surface area contributed by atoms with Crippen LogP contribution in [0.3, 0.4) is 0 Å². The Bertz CT molecular complexity index is 656. The molecule has 0 spiro atoms. The third-order valence-electron chi connectivity index (χ3n) is 4.00. The number of likely N-dealkylation sites (tertiary alicyclic amines) is 1. The predicted octanol–water partition coefficient (Wildman–Crippen LogP) is 4.39. The third kappa shape index (κ3) is 3.95. The van der Waals surface area contributed by atoms with E-state index >= 15 is 0 Å². The molecule has 0 radical (unpaired) electrons. The van der Waals surface area contributed by atoms with Crippen molar-refractivity contribution >= 4 is 35.3 Å². The Balaban J connectivity index is 2.35. The maximum Gasteiger partial charge on any atom is 0.411 e. The van der Waals surface area contributed by atoms with Crippen LogP contribution in [0.4, 0.5) is 4.79 Å². The molecular formula is C17H21Cl2NO4. The number of hydrogen-bond acceptors (Lipinski definition) is 3. The summed E-state index contributed by atoms with van der Waals surface area (Å²) >= 11 is 12.1. The molecule has 1 saturated heterocycles. The molecule has 2 rings (SSSR count). The van der Waals surface area contributed by atoms with Crippen molar-refractivity contribution in [3.63, 3.8) is 0 Å². The number of carboxylic acid groups (broad SMARTS) is 1. The average Bonchev–Trinajstić information content (AvgIpc) is 2.85. The number of carbonyl (C=O) groups excluding carboxylic acids is 1. The van der Waals surface area contributed by atoms with Crippen molar-refractivity contribution in [1.82, 2.24) is 4.90 Å². The number of rotatable bonds is 3. The second-order valence-corrected chi connectivity index (χ2v) is 7.83. The SMILES string of the molecule is CC(C)(C)OC(=O)N1CCC[C@]1(Cc1ccc(Cl)cc1Cl)C(=O)O. The number of nitrogens with zero attached hydrogens (tertiary/aromatic N) is 1. The van der Waals surface area contributed by atoms with E-state index in [-0.39, 0.29) is 6.42 Å². The maximum atomic E-state index is 12.5. The van der Waals surface area contributed by atoms with E-state index in [2.05, 4.69) is 0 Å². The predicted molar refractivity (Wildman–Crippen MR) is 92.7 cm³/mol. The van der Waals surface area contributed by atoms with Crippen molar-refractivity contribution in [3.05, 3.63) is 33.8 Å². The highest BCUT2D eigenvalue weighted by Crippen LogP contribution is 2.36. The van der Waals surface area contributed by atoms with Gasteiger partial charge in [-0.2, -0.15) is 0 Å². The van der Waals surface area contributed by atoms with Gasteiger partial charge >= 0.3 is 12.1 Å². The van der Waals surface area contributed by atoms with Gasteiger partial charge in [0, 0.05) is 23.0 Å². The van der Waals surface area contributed by atoms with Crippen molar-refractivity contribution in [2.24, 2.45) is 0 Å². The highest BCUT2D eigenvalue weighted by molar-refractivity contribution is 6.35. The van der Waals surface area contributed by atoms with Gasteiger partial charge in [0.25, 0.3) is 0 Å². The number of carboxylic acids is 1. The Labute approximate surface area is 151 Å². The number of hydrogen-bond donors (Lipinski definition) is 1. The first-order valence-corrected chi connectivity index (χ1v) is 8.49. The molecule has 1 N–H and O–H groups in total. The lowest BCUT2D eigenvalue weighted by Crippen LogP contribution is -2.55. The van der Waals surface area contributed by atoms with Gasteiger partial charge in [0.1, 0.15) is 11.1 Å². The van der Waals surface area contributed by atoms with Gasteiger partial charge in [-0.3, -0.25) is 4.90 Å². The van der Waals surface area contributed by atoms with Gasteiger partial charge in [-0.25, -0.2) is 9.59 Å². The first kappa shape index (κ1) is 18.9. The van der Waals surface area contributed by atoms with Crippen LogP contribution in [0.25, 0.3) is 0 Å². The zero-order valence-electron chi connectivity index (χ0n) is 13.9.